The summed E-state index contributed by atoms with van der Waals surface area (Å²) in [5.74, 6) is -0.833. The van der Waals surface area contributed by atoms with Gasteiger partial charge in [0.05, 0.1) is 5.92 Å². The number of hydrogen-bond acceptors (Lipinski definition) is 2. The SMILES string of the molecule is CC(C)(C)CC(CN1CC2(CCCCCC2)C1)C(=O)O. The molecular formula is C17H31NO2. The minimum absolute atomic E-state index is 0.0912. The zero-order valence-corrected chi connectivity index (χ0v) is 13.5. The molecule has 20 heavy (non-hydrogen) atoms. The van der Waals surface area contributed by atoms with E-state index in [1.165, 1.54) is 38.5 Å². The Labute approximate surface area is 123 Å². The van der Waals surface area contributed by atoms with Crippen molar-refractivity contribution in [2.75, 3.05) is 19.6 Å². The number of carboxylic acid groups (broad SMARTS) is 1. The lowest BCUT2D eigenvalue weighted by atomic mass is 9.73. The summed E-state index contributed by atoms with van der Waals surface area (Å²) in [5.41, 5.74) is 0.634. The topological polar surface area (TPSA) is 40.5 Å². The fourth-order valence-electron chi connectivity index (χ4n) is 4.11. The lowest BCUT2D eigenvalue weighted by Crippen LogP contribution is -2.57. The molecule has 0 amide bonds. The number of rotatable bonds is 4. The Hall–Kier alpha value is -0.570. The van der Waals surface area contributed by atoms with E-state index in [1.807, 2.05) is 0 Å². The summed E-state index contributed by atoms with van der Waals surface area (Å²) in [5, 5.41) is 9.43. The third-order valence-corrected chi connectivity index (χ3v) is 4.97. The van der Waals surface area contributed by atoms with Crippen molar-refractivity contribution in [2.24, 2.45) is 16.7 Å². The predicted octanol–water partition coefficient (Wildman–Crippen LogP) is 3.78. The number of aliphatic carboxylic acids is 1. The molecule has 2 aliphatic rings. The average molecular weight is 281 g/mol. The molecule has 1 aliphatic carbocycles. The van der Waals surface area contributed by atoms with Crippen LogP contribution in [0.2, 0.25) is 0 Å². The Kier molecular flexibility index (Phi) is 4.78. The van der Waals surface area contributed by atoms with E-state index in [-0.39, 0.29) is 11.3 Å². The minimum Gasteiger partial charge on any atom is -0.481 e. The monoisotopic (exact) mass is 281 g/mol. The van der Waals surface area contributed by atoms with Crippen molar-refractivity contribution >= 4 is 5.97 Å². The average Bonchev–Trinajstić information content (AvgIpc) is 2.51. The lowest BCUT2D eigenvalue weighted by molar-refractivity contribution is -0.145. The number of hydrogen-bond donors (Lipinski definition) is 1. The molecule has 1 heterocycles. The molecule has 1 unspecified atom stereocenters. The van der Waals surface area contributed by atoms with Crippen LogP contribution in [0.25, 0.3) is 0 Å². The molecule has 1 saturated carbocycles. The summed E-state index contributed by atoms with van der Waals surface area (Å²) in [6, 6.07) is 0. The zero-order chi connectivity index (χ0) is 14.8. The summed E-state index contributed by atoms with van der Waals surface area (Å²) >= 11 is 0. The van der Waals surface area contributed by atoms with Gasteiger partial charge in [-0.1, -0.05) is 46.5 Å². The highest BCUT2D eigenvalue weighted by Gasteiger charge is 2.43. The van der Waals surface area contributed by atoms with Crippen molar-refractivity contribution in [2.45, 2.75) is 65.7 Å². The fourth-order valence-corrected chi connectivity index (χ4v) is 4.11. The largest absolute Gasteiger partial charge is 0.481 e. The molecule has 0 aromatic heterocycles. The molecule has 1 saturated heterocycles. The summed E-state index contributed by atoms with van der Waals surface area (Å²) in [6.07, 6.45) is 9.02. The quantitative estimate of drug-likeness (QED) is 0.852. The highest BCUT2D eigenvalue weighted by molar-refractivity contribution is 5.70. The van der Waals surface area contributed by atoms with E-state index in [9.17, 15) is 9.90 Å². The molecule has 1 N–H and O–H groups in total. The molecule has 1 spiro atoms. The van der Waals surface area contributed by atoms with E-state index < -0.39 is 5.97 Å². The van der Waals surface area contributed by atoms with Crippen LogP contribution in [-0.2, 0) is 4.79 Å². The van der Waals surface area contributed by atoms with Crippen molar-refractivity contribution in [3.63, 3.8) is 0 Å². The first-order chi connectivity index (χ1) is 9.30. The van der Waals surface area contributed by atoms with Crippen LogP contribution in [0.1, 0.15) is 65.7 Å². The molecule has 3 heteroatoms. The van der Waals surface area contributed by atoms with E-state index in [1.54, 1.807) is 0 Å². The van der Waals surface area contributed by atoms with Crippen molar-refractivity contribution in [1.82, 2.24) is 4.90 Å². The summed E-state index contributed by atoms with van der Waals surface area (Å²) in [6.45, 7) is 9.42. The standard InChI is InChI=1S/C17H31NO2/c1-16(2,3)10-14(15(19)20)11-18-12-17(13-18)8-6-4-5-7-9-17/h14H,4-13H2,1-3H3,(H,19,20). The first kappa shape index (κ1) is 15.8. The molecule has 3 nitrogen and oxygen atoms in total. The Morgan fingerprint density at radius 1 is 1.15 bits per heavy atom. The lowest BCUT2D eigenvalue weighted by Gasteiger charge is -2.51. The summed E-state index contributed by atoms with van der Waals surface area (Å²) in [4.78, 5) is 13.8. The normalized spacial score (nSPS) is 24.9. The number of likely N-dealkylation sites (tertiary alicyclic amines) is 1. The van der Waals surface area contributed by atoms with Gasteiger partial charge in [0.25, 0.3) is 0 Å². The van der Waals surface area contributed by atoms with Crippen LogP contribution in [0.3, 0.4) is 0 Å². The number of carboxylic acids is 1. The van der Waals surface area contributed by atoms with Gasteiger partial charge >= 0.3 is 5.97 Å². The molecule has 0 radical (unpaired) electrons. The Morgan fingerprint density at radius 2 is 1.70 bits per heavy atom. The van der Waals surface area contributed by atoms with Gasteiger partial charge in [0.15, 0.2) is 0 Å². The van der Waals surface area contributed by atoms with Crippen molar-refractivity contribution in [3.05, 3.63) is 0 Å². The second-order valence-electron chi connectivity index (χ2n) is 8.38. The van der Waals surface area contributed by atoms with Gasteiger partial charge in [-0.05, 0) is 30.1 Å². The van der Waals surface area contributed by atoms with Crippen molar-refractivity contribution in [3.8, 4) is 0 Å². The van der Waals surface area contributed by atoms with Crippen LogP contribution >= 0.6 is 0 Å². The van der Waals surface area contributed by atoms with Gasteiger partial charge in [0.1, 0.15) is 0 Å². The third kappa shape index (κ3) is 4.21. The summed E-state index contributed by atoms with van der Waals surface area (Å²) < 4.78 is 0. The maximum atomic E-state index is 11.4. The van der Waals surface area contributed by atoms with Gasteiger partial charge in [-0.2, -0.15) is 0 Å². The summed E-state index contributed by atoms with van der Waals surface area (Å²) in [7, 11) is 0. The first-order valence-corrected chi connectivity index (χ1v) is 8.25. The molecule has 1 atom stereocenters. The van der Waals surface area contributed by atoms with Crippen LogP contribution in [0, 0.1) is 16.7 Å². The van der Waals surface area contributed by atoms with Gasteiger partial charge in [0, 0.05) is 19.6 Å². The number of carbonyl (C=O) groups is 1. The van der Waals surface area contributed by atoms with Crippen molar-refractivity contribution in [1.29, 1.82) is 0 Å². The van der Waals surface area contributed by atoms with Gasteiger partial charge in [-0.25, -0.2) is 0 Å². The van der Waals surface area contributed by atoms with Gasteiger partial charge < -0.3 is 10.0 Å². The fraction of sp³-hybridized carbons (Fsp3) is 0.941. The first-order valence-electron chi connectivity index (χ1n) is 8.25. The molecule has 0 aromatic rings. The number of nitrogens with zero attached hydrogens (tertiary/aromatic N) is 1. The van der Waals surface area contributed by atoms with Crippen LogP contribution in [0.4, 0.5) is 0 Å². The Bertz CT molecular complexity index is 329. The maximum absolute atomic E-state index is 11.4. The van der Waals surface area contributed by atoms with Crippen LogP contribution in [-0.4, -0.2) is 35.6 Å². The van der Waals surface area contributed by atoms with Gasteiger partial charge in [-0.15, -0.1) is 0 Å². The molecule has 0 bridgehead atoms. The zero-order valence-electron chi connectivity index (χ0n) is 13.5. The maximum Gasteiger partial charge on any atom is 0.307 e. The van der Waals surface area contributed by atoms with E-state index in [2.05, 4.69) is 25.7 Å². The second kappa shape index (κ2) is 6.05. The van der Waals surface area contributed by atoms with Gasteiger partial charge in [-0.3, -0.25) is 4.79 Å². The van der Waals surface area contributed by atoms with E-state index >= 15 is 0 Å². The van der Waals surface area contributed by atoms with Crippen LogP contribution in [0.15, 0.2) is 0 Å². The molecular weight excluding hydrogens is 250 g/mol. The van der Waals surface area contributed by atoms with E-state index in [4.69, 9.17) is 0 Å². The third-order valence-electron chi connectivity index (χ3n) is 4.97. The smallest absolute Gasteiger partial charge is 0.307 e. The van der Waals surface area contributed by atoms with Crippen molar-refractivity contribution < 1.29 is 9.90 Å². The molecule has 2 rings (SSSR count). The second-order valence-corrected chi connectivity index (χ2v) is 8.38. The minimum atomic E-state index is -0.623. The molecule has 0 aromatic carbocycles. The Morgan fingerprint density at radius 3 is 2.15 bits per heavy atom. The van der Waals surface area contributed by atoms with E-state index in [0.717, 1.165) is 26.1 Å². The molecule has 2 fully saturated rings. The van der Waals surface area contributed by atoms with Crippen LogP contribution in [0.5, 0.6) is 0 Å². The Balaban J connectivity index is 1.83. The highest BCUT2D eigenvalue weighted by atomic mass is 16.4. The molecule has 1 aliphatic heterocycles. The molecule has 116 valence electrons. The van der Waals surface area contributed by atoms with E-state index in [0.29, 0.717) is 5.41 Å². The highest BCUT2D eigenvalue weighted by Crippen LogP contribution is 2.43. The predicted molar refractivity (Wildman–Crippen MR) is 81.8 cm³/mol. The van der Waals surface area contributed by atoms with Gasteiger partial charge in [0.2, 0.25) is 0 Å². The van der Waals surface area contributed by atoms with Crippen LogP contribution < -0.4 is 0 Å².